The van der Waals surface area contributed by atoms with E-state index >= 15 is 0 Å². The van der Waals surface area contributed by atoms with E-state index in [1.807, 2.05) is 0 Å². The van der Waals surface area contributed by atoms with Gasteiger partial charge in [0.2, 0.25) is 0 Å². The molecule has 1 heterocycles. The zero-order chi connectivity index (χ0) is 13.8. The van der Waals surface area contributed by atoms with E-state index in [2.05, 4.69) is 55.1 Å². The van der Waals surface area contributed by atoms with Crippen LogP contribution in [-0.2, 0) is 13.0 Å². The first-order chi connectivity index (χ1) is 9.11. The van der Waals surface area contributed by atoms with Crippen molar-refractivity contribution in [3.63, 3.8) is 0 Å². The molecule has 0 bridgehead atoms. The fraction of sp³-hybridized carbons (Fsp3) is 0.625. The maximum atomic E-state index is 5.80. The van der Waals surface area contributed by atoms with E-state index in [0.29, 0.717) is 12.6 Å². The first-order valence-corrected chi connectivity index (χ1v) is 7.27. The average molecular weight is 261 g/mol. The Morgan fingerprint density at radius 3 is 2.47 bits per heavy atom. The Hall–Kier alpha value is -0.900. The van der Waals surface area contributed by atoms with E-state index in [1.165, 1.54) is 24.2 Å². The SMILES string of the molecule is CC1CN(CCc2ccccc2CN)CC1N(C)C. The van der Waals surface area contributed by atoms with Crippen LogP contribution in [0.5, 0.6) is 0 Å². The fourth-order valence-corrected chi connectivity index (χ4v) is 3.18. The van der Waals surface area contributed by atoms with E-state index < -0.39 is 0 Å². The highest BCUT2D eigenvalue weighted by atomic mass is 15.2. The van der Waals surface area contributed by atoms with Gasteiger partial charge in [0, 0.05) is 32.2 Å². The van der Waals surface area contributed by atoms with E-state index in [4.69, 9.17) is 5.73 Å². The molecule has 1 aromatic rings. The van der Waals surface area contributed by atoms with Crippen LogP contribution in [0, 0.1) is 5.92 Å². The van der Waals surface area contributed by atoms with Gasteiger partial charge in [-0.25, -0.2) is 0 Å². The lowest BCUT2D eigenvalue weighted by molar-refractivity contribution is 0.252. The molecule has 1 saturated heterocycles. The summed E-state index contributed by atoms with van der Waals surface area (Å²) in [5.41, 5.74) is 8.50. The predicted octanol–water partition coefficient (Wildman–Crippen LogP) is 1.57. The van der Waals surface area contributed by atoms with Gasteiger partial charge in [-0.15, -0.1) is 0 Å². The van der Waals surface area contributed by atoms with Crippen LogP contribution in [0.15, 0.2) is 24.3 Å². The third-order valence-corrected chi connectivity index (χ3v) is 4.35. The van der Waals surface area contributed by atoms with Crippen LogP contribution in [0.4, 0.5) is 0 Å². The number of nitrogens with zero attached hydrogens (tertiary/aromatic N) is 2. The molecule has 3 nitrogen and oxygen atoms in total. The Labute approximate surface area is 117 Å². The normalized spacial score (nSPS) is 24.3. The van der Waals surface area contributed by atoms with Crippen molar-refractivity contribution in [3.8, 4) is 0 Å². The summed E-state index contributed by atoms with van der Waals surface area (Å²) in [7, 11) is 4.38. The van der Waals surface area contributed by atoms with Crippen LogP contribution in [0.25, 0.3) is 0 Å². The molecular weight excluding hydrogens is 234 g/mol. The van der Waals surface area contributed by atoms with E-state index in [-0.39, 0.29) is 0 Å². The summed E-state index contributed by atoms with van der Waals surface area (Å²) in [6.45, 7) is 6.56. The number of hydrogen-bond donors (Lipinski definition) is 1. The zero-order valence-corrected chi connectivity index (χ0v) is 12.5. The third kappa shape index (κ3) is 3.56. The van der Waals surface area contributed by atoms with Gasteiger partial charge in [0.1, 0.15) is 0 Å². The molecule has 1 aliphatic rings. The van der Waals surface area contributed by atoms with Gasteiger partial charge >= 0.3 is 0 Å². The second-order valence-electron chi connectivity index (χ2n) is 5.99. The Morgan fingerprint density at radius 2 is 1.89 bits per heavy atom. The summed E-state index contributed by atoms with van der Waals surface area (Å²) in [4.78, 5) is 4.95. The lowest BCUT2D eigenvalue weighted by atomic mass is 10.0. The molecule has 2 unspecified atom stereocenters. The van der Waals surface area contributed by atoms with Crippen molar-refractivity contribution in [3.05, 3.63) is 35.4 Å². The number of hydrogen-bond acceptors (Lipinski definition) is 3. The molecule has 0 amide bonds. The van der Waals surface area contributed by atoms with Crippen molar-refractivity contribution < 1.29 is 0 Å². The molecule has 1 fully saturated rings. The maximum absolute atomic E-state index is 5.80. The Morgan fingerprint density at radius 1 is 1.21 bits per heavy atom. The van der Waals surface area contributed by atoms with Crippen molar-refractivity contribution in [2.75, 3.05) is 33.7 Å². The summed E-state index contributed by atoms with van der Waals surface area (Å²) >= 11 is 0. The Bertz CT molecular complexity index is 403. The van der Waals surface area contributed by atoms with Gasteiger partial charge in [-0.05, 0) is 37.6 Å². The van der Waals surface area contributed by atoms with Gasteiger partial charge < -0.3 is 15.5 Å². The van der Waals surface area contributed by atoms with Crippen LogP contribution >= 0.6 is 0 Å². The van der Waals surface area contributed by atoms with Crippen LogP contribution in [0.3, 0.4) is 0 Å². The molecule has 2 N–H and O–H groups in total. The Balaban J connectivity index is 1.90. The van der Waals surface area contributed by atoms with E-state index in [1.54, 1.807) is 0 Å². The molecule has 1 aromatic carbocycles. The van der Waals surface area contributed by atoms with Gasteiger partial charge in [-0.3, -0.25) is 0 Å². The van der Waals surface area contributed by atoms with Crippen LogP contribution in [0.1, 0.15) is 18.1 Å². The summed E-state index contributed by atoms with van der Waals surface area (Å²) in [5.74, 6) is 0.764. The molecule has 19 heavy (non-hydrogen) atoms. The number of nitrogens with two attached hydrogens (primary N) is 1. The standard InChI is InChI=1S/C16H27N3/c1-13-11-19(12-16(13)18(2)3)9-8-14-6-4-5-7-15(14)10-17/h4-7,13,16H,8-12,17H2,1-3H3. The molecule has 2 rings (SSSR count). The fourth-order valence-electron chi connectivity index (χ4n) is 3.18. The van der Waals surface area contributed by atoms with Crippen LogP contribution in [-0.4, -0.2) is 49.6 Å². The minimum atomic E-state index is 0.646. The molecular formula is C16H27N3. The molecule has 0 radical (unpaired) electrons. The molecule has 2 atom stereocenters. The lowest BCUT2D eigenvalue weighted by Crippen LogP contribution is -2.34. The molecule has 0 aromatic heterocycles. The third-order valence-electron chi connectivity index (χ3n) is 4.35. The summed E-state index contributed by atoms with van der Waals surface area (Å²) in [6, 6.07) is 9.25. The largest absolute Gasteiger partial charge is 0.326 e. The summed E-state index contributed by atoms with van der Waals surface area (Å²) in [6.07, 6.45) is 1.11. The van der Waals surface area contributed by atoms with Crippen molar-refractivity contribution in [2.45, 2.75) is 25.9 Å². The first-order valence-electron chi connectivity index (χ1n) is 7.27. The summed E-state index contributed by atoms with van der Waals surface area (Å²) in [5, 5.41) is 0. The van der Waals surface area contributed by atoms with Crippen molar-refractivity contribution in [1.29, 1.82) is 0 Å². The van der Waals surface area contributed by atoms with Crippen molar-refractivity contribution >= 4 is 0 Å². The zero-order valence-electron chi connectivity index (χ0n) is 12.5. The monoisotopic (exact) mass is 261 g/mol. The highest BCUT2D eigenvalue weighted by molar-refractivity contribution is 5.27. The molecule has 1 aliphatic heterocycles. The molecule has 0 saturated carbocycles. The second kappa shape index (κ2) is 6.51. The van der Waals surface area contributed by atoms with Crippen molar-refractivity contribution in [2.24, 2.45) is 11.7 Å². The van der Waals surface area contributed by atoms with Gasteiger partial charge in [-0.1, -0.05) is 31.2 Å². The van der Waals surface area contributed by atoms with Crippen LogP contribution in [0.2, 0.25) is 0 Å². The maximum Gasteiger partial charge on any atom is 0.0254 e. The highest BCUT2D eigenvalue weighted by Crippen LogP contribution is 2.20. The van der Waals surface area contributed by atoms with Gasteiger partial charge in [0.25, 0.3) is 0 Å². The first kappa shape index (κ1) is 14.5. The molecule has 0 aliphatic carbocycles. The minimum absolute atomic E-state index is 0.646. The second-order valence-corrected chi connectivity index (χ2v) is 5.99. The van der Waals surface area contributed by atoms with Gasteiger partial charge in [-0.2, -0.15) is 0 Å². The summed E-state index contributed by atoms with van der Waals surface area (Å²) < 4.78 is 0. The number of likely N-dealkylation sites (N-methyl/N-ethyl adjacent to an activating group) is 1. The minimum Gasteiger partial charge on any atom is -0.326 e. The molecule has 106 valence electrons. The van der Waals surface area contributed by atoms with Gasteiger partial charge in [0.05, 0.1) is 0 Å². The topological polar surface area (TPSA) is 32.5 Å². The van der Waals surface area contributed by atoms with Crippen LogP contribution < -0.4 is 5.73 Å². The van der Waals surface area contributed by atoms with Gasteiger partial charge in [0.15, 0.2) is 0 Å². The highest BCUT2D eigenvalue weighted by Gasteiger charge is 2.30. The average Bonchev–Trinajstić information content (AvgIpc) is 2.78. The van der Waals surface area contributed by atoms with Crippen molar-refractivity contribution in [1.82, 2.24) is 9.80 Å². The molecule has 0 spiro atoms. The Kier molecular flexibility index (Phi) is 4.97. The lowest BCUT2D eigenvalue weighted by Gasteiger charge is -2.22. The number of rotatable bonds is 5. The smallest absolute Gasteiger partial charge is 0.0254 e. The number of likely N-dealkylation sites (tertiary alicyclic amines) is 1. The quantitative estimate of drug-likeness (QED) is 0.873. The predicted molar refractivity (Wildman–Crippen MR) is 81.1 cm³/mol. The van der Waals surface area contributed by atoms with E-state index in [0.717, 1.165) is 18.9 Å². The molecule has 3 heteroatoms. The van der Waals surface area contributed by atoms with E-state index in [9.17, 15) is 0 Å². The number of benzene rings is 1.